The second-order valence-corrected chi connectivity index (χ2v) is 7.81. The van der Waals surface area contributed by atoms with Crippen LogP contribution in [-0.4, -0.2) is 16.7 Å². The van der Waals surface area contributed by atoms with E-state index in [-0.39, 0.29) is 0 Å². The first-order valence-corrected chi connectivity index (χ1v) is 10.3. The van der Waals surface area contributed by atoms with Gasteiger partial charge in [-0.15, -0.1) is 0 Å². The second kappa shape index (κ2) is 11.6. The van der Waals surface area contributed by atoms with E-state index in [0.29, 0.717) is 18.5 Å². The van der Waals surface area contributed by atoms with E-state index in [1.165, 1.54) is 22.1 Å². The topological polar surface area (TPSA) is 28.7 Å². The molecule has 0 unspecified atom stereocenters. The molecule has 0 fully saturated rings. The smallest absolute Gasteiger partial charge is 0.213 e. The molecule has 0 amide bonds. The zero-order valence-corrected chi connectivity index (χ0v) is 18.0. The number of aromatic amines is 1. The molecule has 0 radical (unpaired) electrons. The molecule has 0 bridgehead atoms. The van der Waals surface area contributed by atoms with Crippen molar-refractivity contribution in [2.45, 2.75) is 45.9 Å². The third-order valence-electron chi connectivity index (χ3n) is 4.83. The first kappa shape index (κ1) is 22.0. The molecular formula is C24H30BClN2. The van der Waals surface area contributed by atoms with Crippen LogP contribution in [0.25, 0.3) is 0 Å². The molecule has 2 nitrogen and oxygen atoms in total. The van der Waals surface area contributed by atoms with Gasteiger partial charge in [0.05, 0.1) is 6.33 Å². The van der Waals surface area contributed by atoms with Gasteiger partial charge in [-0.3, -0.25) is 0 Å². The van der Waals surface area contributed by atoms with Crippen molar-refractivity contribution in [2.24, 2.45) is 0 Å². The molecular weight excluding hydrogens is 363 g/mol. The number of allylic oxidation sites excluding steroid dienone is 1. The number of imidazole rings is 1. The SMILES string of the molecule is CC(C)c1cccc(B(CC=CCl)c2cccc(C(C)C)c2)c1.c1c[nH]cn1. The molecule has 4 heteroatoms. The predicted molar refractivity (Wildman–Crippen MR) is 124 cm³/mol. The molecule has 2 aromatic carbocycles. The molecule has 0 atom stereocenters. The van der Waals surface area contributed by atoms with E-state index in [2.05, 4.69) is 92.3 Å². The minimum atomic E-state index is 0.349. The fourth-order valence-corrected chi connectivity index (χ4v) is 3.24. The van der Waals surface area contributed by atoms with E-state index in [1.54, 1.807) is 24.3 Å². The second-order valence-electron chi connectivity index (χ2n) is 7.56. The van der Waals surface area contributed by atoms with E-state index >= 15 is 0 Å². The van der Waals surface area contributed by atoms with Crippen molar-refractivity contribution in [2.75, 3.05) is 0 Å². The molecule has 0 aliphatic rings. The molecule has 0 saturated carbocycles. The molecule has 1 heterocycles. The summed E-state index contributed by atoms with van der Waals surface area (Å²) in [6.07, 6.45) is 8.06. The quantitative estimate of drug-likeness (QED) is 0.535. The Morgan fingerprint density at radius 2 is 1.54 bits per heavy atom. The lowest BCUT2D eigenvalue weighted by Gasteiger charge is -2.17. The standard InChI is InChI=1S/C21H26BCl.C3H4N2/c1-16(2)18-8-5-10-20(14-18)22(12-7-13-23)21-11-6-9-19(15-21)17(3)4;1-2-5-3-4-1/h5-11,13-17H,12H2,1-4H3;1-3H,(H,4,5). The van der Waals surface area contributed by atoms with E-state index in [0.717, 1.165) is 6.32 Å². The summed E-state index contributed by atoms with van der Waals surface area (Å²) in [7, 11) is 0. The first-order chi connectivity index (χ1) is 13.5. The third kappa shape index (κ3) is 6.72. The van der Waals surface area contributed by atoms with Crippen LogP contribution in [0.15, 0.2) is 78.9 Å². The van der Waals surface area contributed by atoms with Gasteiger partial charge in [0.15, 0.2) is 0 Å². The Hall–Kier alpha value is -2.26. The summed E-state index contributed by atoms with van der Waals surface area (Å²) in [5, 5.41) is 0. The Morgan fingerprint density at radius 1 is 0.964 bits per heavy atom. The van der Waals surface area contributed by atoms with Gasteiger partial charge in [0.2, 0.25) is 6.71 Å². The lowest BCUT2D eigenvalue weighted by atomic mass is 9.38. The van der Waals surface area contributed by atoms with Crippen LogP contribution in [0.4, 0.5) is 0 Å². The molecule has 146 valence electrons. The third-order valence-corrected chi connectivity index (χ3v) is 5.00. The normalized spacial score (nSPS) is 11.0. The number of H-pyrrole nitrogens is 1. The minimum Gasteiger partial charge on any atom is -0.351 e. The number of nitrogens with one attached hydrogen (secondary N) is 1. The molecule has 3 rings (SSSR count). The van der Waals surface area contributed by atoms with Gasteiger partial charge >= 0.3 is 0 Å². The lowest BCUT2D eigenvalue weighted by Crippen LogP contribution is -2.42. The van der Waals surface area contributed by atoms with Gasteiger partial charge in [-0.05, 0) is 34.8 Å². The van der Waals surface area contributed by atoms with Crippen molar-refractivity contribution in [1.82, 2.24) is 9.97 Å². The monoisotopic (exact) mass is 392 g/mol. The Labute approximate surface area is 175 Å². The zero-order valence-electron chi connectivity index (χ0n) is 17.3. The Bertz CT molecular complexity index is 773. The summed E-state index contributed by atoms with van der Waals surface area (Å²) < 4.78 is 0. The maximum Gasteiger partial charge on any atom is 0.213 e. The van der Waals surface area contributed by atoms with E-state index in [1.807, 2.05) is 0 Å². The number of hydrogen-bond acceptors (Lipinski definition) is 1. The average Bonchev–Trinajstić information content (AvgIpc) is 3.29. The predicted octanol–water partition coefficient (Wildman–Crippen LogP) is 5.70. The summed E-state index contributed by atoms with van der Waals surface area (Å²) in [5.74, 6) is 1.09. The molecule has 0 saturated heterocycles. The highest BCUT2D eigenvalue weighted by molar-refractivity contribution is 6.85. The number of nitrogens with zero attached hydrogens (tertiary/aromatic N) is 1. The van der Waals surface area contributed by atoms with Gasteiger partial charge in [0.1, 0.15) is 0 Å². The Balaban J connectivity index is 0.000000485. The van der Waals surface area contributed by atoms with Crippen molar-refractivity contribution in [3.63, 3.8) is 0 Å². The average molecular weight is 393 g/mol. The van der Waals surface area contributed by atoms with Gasteiger partial charge in [-0.25, -0.2) is 4.98 Å². The van der Waals surface area contributed by atoms with Crippen LogP contribution < -0.4 is 10.9 Å². The van der Waals surface area contributed by atoms with Crippen LogP contribution >= 0.6 is 11.6 Å². The molecule has 0 aliphatic heterocycles. The van der Waals surface area contributed by atoms with Crippen molar-refractivity contribution in [1.29, 1.82) is 0 Å². The number of benzene rings is 2. The van der Waals surface area contributed by atoms with Gasteiger partial charge < -0.3 is 4.98 Å². The molecule has 1 aromatic heterocycles. The summed E-state index contributed by atoms with van der Waals surface area (Å²) in [6, 6.07) is 17.9. The minimum absolute atomic E-state index is 0.349. The lowest BCUT2D eigenvalue weighted by molar-refractivity contribution is 0.867. The van der Waals surface area contributed by atoms with Crippen molar-refractivity contribution < 1.29 is 0 Å². The van der Waals surface area contributed by atoms with Crippen molar-refractivity contribution in [3.05, 3.63) is 90.0 Å². The van der Waals surface area contributed by atoms with Gasteiger partial charge in [0, 0.05) is 12.4 Å². The van der Waals surface area contributed by atoms with Gasteiger partial charge in [0.25, 0.3) is 0 Å². The summed E-state index contributed by atoms with van der Waals surface area (Å²) in [4.78, 5) is 6.42. The largest absolute Gasteiger partial charge is 0.351 e. The number of rotatable bonds is 6. The molecule has 3 aromatic rings. The van der Waals surface area contributed by atoms with Crippen molar-refractivity contribution >= 4 is 29.2 Å². The highest BCUT2D eigenvalue weighted by atomic mass is 35.5. The van der Waals surface area contributed by atoms with Crippen LogP contribution in [0.3, 0.4) is 0 Å². The van der Waals surface area contributed by atoms with E-state index < -0.39 is 0 Å². The zero-order chi connectivity index (χ0) is 20.4. The number of aromatic nitrogens is 2. The van der Waals surface area contributed by atoms with Crippen LogP contribution in [0.2, 0.25) is 6.32 Å². The van der Waals surface area contributed by atoms with Crippen LogP contribution in [0.5, 0.6) is 0 Å². The molecule has 28 heavy (non-hydrogen) atoms. The number of hydrogen-bond donors (Lipinski definition) is 1. The molecule has 1 N–H and O–H groups in total. The van der Waals surface area contributed by atoms with Crippen LogP contribution in [0.1, 0.15) is 50.7 Å². The maximum absolute atomic E-state index is 5.80. The van der Waals surface area contributed by atoms with Crippen LogP contribution in [-0.2, 0) is 0 Å². The first-order valence-electron chi connectivity index (χ1n) is 9.90. The Kier molecular flexibility index (Phi) is 9.10. The number of halogens is 1. The maximum atomic E-state index is 5.80. The van der Waals surface area contributed by atoms with E-state index in [9.17, 15) is 0 Å². The van der Waals surface area contributed by atoms with Gasteiger partial charge in [-0.2, -0.15) is 0 Å². The highest BCUT2D eigenvalue weighted by Crippen LogP contribution is 2.15. The molecule has 0 aliphatic carbocycles. The summed E-state index contributed by atoms with van der Waals surface area (Å²) >= 11 is 5.80. The van der Waals surface area contributed by atoms with Crippen molar-refractivity contribution in [3.8, 4) is 0 Å². The fraction of sp³-hybridized carbons (Fsp3) is 0.292. The molecule has 0 spiro atoms. The van der Waals surface area contributed by atoms with E-state index in [4.69, 9.17) is 11.6 Å². The fourth-order valence-electron chi connectivity index (χ4n) is 3.14. The summed E-state index contributed by atoms with van der Waals surface area (Å²) in [5.41, 5.74) is 7.15. The van der Waals surface area contributed by atoms with Crippen LogP contribution in [0, 0.1) is 0 Å². The Morgan fingerprint density at radius 3 is 1.89 bits per heavy atom. The highest BCUT2D eigenvalue weighted by Gasteiger charge is 2.19. The van der Waals surface area contributed by atoms with Gasteiger partial charge in [-0.1, -0.05) is 105 Å². The summed E-state index contributed by atoms with van der Waals surface area (Å²) in [6.45, 7) is 9.32.